The summed E-state index contributed by atoms with van der Waals surface area (Å²) in [5, 5.41) is 0. The van der Waals surface area contributed by atoms with Gasteiger partial charge in [-0.3, -0.25) is 19.4 Å². The van der Waals surface area contributed by atoms with Crippen molar-refractivity contribution in [1.82, 2.24) is 9.80 Å². The lowest BCUT2D eigenvalue weighted by atomic mass is 9.97. The summed E-state index contributed by atoms with van der Waals surface area (Å²) in [7, 11) is 2.83. The number of methoxy groups -OCH3 is 2. The quantitative estimate of drug-likeness (QED) is 0.658. The van der Waals surface area contributed by atoms with Crippen LogP contribution in [-0.2, 0) is 45.0 Å². The fraction of sp³-hybridized carbons (Fsp3) is 0.417. The van der Waals surface area contributed by atoms with Crippen molar-refractivity contribution in [2.24, 2.45) is 0 Å². The molecule has 0 N–H and O–H groups in total. The average molecular weight is 438 g/mol. The Kier molecular flexibility index (Phi) is 5.48. The zero-order valence-electron chi connectivity index (χ0n) is 18.2. The Labute approximate surface area is 186 Å². The molecule has 8 heteroatoms. The number of benzene rings is 2. The largest absolute Gasteiger partial charge is 0.478 e. The molecule has 5 rings (SSSR count). The Morgan fingerprint density at radius 2 is 1.22 bits per heavy atom. The SMILES string of the molecule is COC(=O)[C@@H]1Cc2ccc3c(c2)CN(CO3)[C@H](C(=O)OC)Cc2ccc3c(c2)CN1CO3. The van der Waals surface area contributed by atoms with E-state index in [-0.39, 0.29) is 11.9 Å². The van der Waals surface area contributed by atoms with Gasteiger partial charge in [0.1, 0.15) is 37.0 Å². The minimum Gasteiger partial charge on any atom is -0.478 e. The molecular formula is C24H26N2O6. The number of nitrogens with zero attached hydrogens (tertiary/aromatic N) is 2. The lowest BCUT2D eigenvalue weighted by molar-refractivity contribution is -0.150. The molecule has 0 amide bonds. The summed E-state index contributed by atoms with van der Waals surface area (Å²) in [6, 6.07) is 11.0. The maximum absolute atomic E-state index is 12.7. The van der Waals surface area contributed by atoms with Crippen LogP contribution in [0.25, 0.3) is 0 Å². The number of hydrogen-bond donors (Lipinski definition) is 0. The molecule has 0 saturated heterocycles. The van der Waals surface area contributed by atoms with Crippen molar-refractivity contribution in [3.05, 3.63) is 58.7 Å². The van der Waals surface area contributed by atoms with Gasteiger partial charge in [0.05, 0.1) is 14.2 Å². The molecule has 0 aliphatic carbocycles. The Balaban J connectivity index is 1.59. The van der Waals surface area contributed by atoms with Gasteiger partial charge in [0.25, 0.3) is 0 Å². The lowest BCUT2D eigenvalue weighted by Crippen LogP contribution is -2.47. The average Bonchev–Trinajstić information content (AvgIpc) is 2.83. The number of rotatable bonds is 2. The summed E-state index contributed by atoms with van der Waals surface area (Å²) < 4.78 is 22.2. The van der Waals surface area contributed by atoms with Crippen molar-refractivity contribution in [2.75, 3.05) is 27.7 Å². The van der Waals surface area contributed by atoms with Crippen LogP contribution in [0.1, 0.15) is 22.3 Å². The molecule has 0 aromatic heterocycles. The molecule has 0 saturated carbocycles. The van der Waals surface area contributed by atoms with E-state index in [9.17, 15) is 9.59 Å². The van der Waals surface area contributed by atoms with Crippen molar-refractivity contribution < 1.29 is 28.5 Å². The van der Waals surface area contributed by atoms with E-state index < -0.39 is 12.1 Å². The van der Waals surface area contributed by atoms with E-state index in [0.29, 0.717) is 39.4 Å². The number of ether oxygens (including phenoxy) is 4. The normalized spacial score (nSPS) is 25.8. The van der Waals surface area contributed by atoms with E-state index in [0.717, 1.165) is 33.8 Å². The minimum atomic E-state index is -0.471. The van der Waals surface area contributed by atoms with Crippen LogP contribution in [0.15, 0.2) is 36.4 Å². The lowest BCUT2D eigenvalue weighted by Gasteiger charge is -2.36. The van der Waals surface area contributed by atoms with Crippen molar-refractivity contribution in [1.29, 1.82) is 0 Å². The first-order valence-electron chi connectivity index (χ1n) is 10.7. The highest BCUT2D eigenvalue weighted by Crippen LogP contribution is 2.32. The Bertz CT molecular complexity index is 971. The molecule has 32 heavy (non-hydrogen) atoms. The third kappa shape index (κ3) is 3.80. The van der Waals surface area contributed by atoms with E-state index in [4.69, 9.17) is 18.9 Å². The first kappa shape index (κ1) is 20.8. The van der Waals surface area contributed by atoms with Gasteiger partial charge in [-0.1, -0.05) is 24.3 Å². The summed E-state index contributed by atoms with van der Waals surface area (Å²) in [5.41, 5.74) is 3.95. The van der Waals surface area contributed by atoms with Crippen molar-refractivity contribution in [3.8, 4) is 11.5 Å². The fourth-order valence-electron chi connectivity index (χ4n) is 4.72. The summed E-state index contributed by atoms with van der Waals surface area (Å²) in [6.07, 6.45) is 0.970. The molecule has 0 fully saturated rings. The van der Waals surface area contributed by atoms with Gasteiger partial charge in [0.2, 0.25) is 0 Å². The van der Waals surface area contributed by atoms with Crippen LogP contribution >= 0.6 is 0 Å². The van der Waals surface area contributed by atoms with Gasteiger partial charge >= 0.3 is 11.9 Å². The van der Waals surface area contributed by atoms with Crippen LogP contribution in [0.4, 0.5) is 0 Å². The molecule has 2 aromatic rings. The molecule has 0 radical (unpaired) electrons. The molecule has 3 heterocycles. The second kappa shape index (κ2) is 8.44. The smallest absolute Gasteiger partial charge is 0.323 e. The van der Waals surface area contributed by atoms with Gasteiger partial charge in [0, 0.05) is 24.2 Å². The third-order valence-electron chi connectivity index (χ3n) is 6.45. The maximum atomic E-state index is 12.7. The summed E-state index contributed by atoms with van der Waals surface area (Å²) in [4.78, 5) is 29.4. The van der Waals surface area contributed by atoms with Crippen LogP contribution in [0.3, 0.4) is 0 Å². The van der Waals surface area contributed by atoms with Crippen molar-refractivity contribution >= 4 is 11.9 Å². The van der Waals surface area contributed by atoms with E-state index in [1.807, 2.05) is 46.2 Å². The van der Waals surface area contributed by atoms with E-state index in [1.54, 1.807) is 0 Å². The van der Waals surface area contributed by atoms with E-state index in [1.165, 1.54) is 14.2 Å². The number of carbonyl (C=O) groups excluding carboxylic acids is 2. The van der Waals surface area contributed by atoms with Crippen molar-refractivity contribution in [3.63, 3.8) is 0 Å². The van der Waals surface area contributed by atoms with E-state index >= 15 is 0 Å². The second-order valence-corrected chi connectivity index (χ2v) is 8.41. The molecular weight excluding hydrogens is 412 g/mol. The maximum Gasteiger partial charge on any atom is 0.323 e. The zero-order chi connectivity index (χ0) is 22.2. The summed E-state index contributed by atoms with van der Waals surface area (Å²) in [5.74, 6) is 1.01. The fourth-order valence-corrected chi connectivity index (χ4v) is 4.72. The van der Waals surface area contributed by atoms with Gasteiger partial charge in [-0.2, -0.15) is 0 Å². The molecule has 3 aliphatic heterocycles. The predicted molar refractivity (Wildman–Crippen MR) is 114 cm³/mol. The summed E-state index contributed by atoms with van der Waals surface area (Å²) in [6.45, 7) is 1.73. The highest BCUT2D eigenvalue weighted by Gasteiger charge is 2.34. The molecule has 8 nitrogen and oxygen atoms in total. The highest BCUT2D eigenvalue weighted by atomic mass is 16.5. The van der Waals surface area contributed by atoms with Crippen LogP contribution in [0.2, 0.25) is 0 Å². The topological polar surface area (TPSA) is 77.5 Å². The summed E-state index contributed by atoms with van der Waals surface area (Å²) >= 11 is 0. The van der Waals surface area contributed by atoms with Gasteiger partial charge in [-0.15, -0.1) is 0 Å². The van der Waals surface area contributed by atoms with Crippen LogP contribution in [0, 0.1) is 0 Å². The molecule has 2 aromatic carbocycles. The first-order chi connectivity index (χ1) is 15.6. The first-order valence-corrected chi connectivity index (χ1v) is 10.7. The van der Waals surface area contributed by atoms with Crippen LogP contribution in [-0.4, -0.2) is 61.5 Å². The molecule has 0 spiro atoms. The Morgan fingerprint density at radius 3 is 1.62 bits per heavy atom. The highest BCUT2D eigenvalue weighted by molar-refractivity contribution is 5.77. The van der Waals surface area contributed by atoms with E-state index in [2.05, 4.69) is 0 Å². The number of esters is 2. The molecule has 6 bridgehead atoms. The van der Waals surface area contributed by atoms with Crippen molar-refractivity contribution in [2.45, 2.75) is 38.0 Å². The second-order valence-electron chi connectivity index (χ2n) is 8.41. The van der Waals surface area contributed by atoms with Crippen LogP contribution < -0.4 is 9.47 Å². The third-order valence-corrected chi connectivity index (χ3v) is 6.45. The van der Waals surface area contributed by atoms with Gasteiger partial charge < -0.3 is 18.9 Å². The minimum absolute atomic E-state index is 0.290. The number of fused-ring (bicyclic) bond motifs is 4. The van der Waals surface area contributed by atoms with Gasteiger partial charge in [0.15, 0.2) is 0 Å². The molecule has 3 aliphatic rings. The van der Waals surface area contributed by atoms with Crippen LogP contribution in [0.5, 0.6) is 11.5 Å². The van der Waals surface area contributed by atoms with Gasteiger partial charge in [-0.05, 0) is 36.1 Å². The predicted octanol–water partition coefficient (Wildman–Crippen LogP) is 1.87. The molecule has 4 atom stereocenters. The van der Waals surface area contributed by atoms with Gasteiger partial charge in [-0.25, -0.2) is 0 Å². The number of hydrogen-bond acceptors (Lipinski definition) is 8. The Morgan fingerprint density at radius 1 is 0.781 bits per heavy atom. The zero-order valence-corrected chi connectivity index (χ0v) is 18.2. The number of carbonyl (C=O) groups is 2. The molecule has 168 valence electrons. The monoisotopic (exact) mass is 438 g/mol. The Hall–Kier alpha value is -3.10. The molecule has 2 unspecified atom stereocenters. The standard InChI is InChI=1S/C24H26N2O6/c1-29-23(27)19-9-15-3-5-22-18(7-15)12-26(14-32-22)20(24(28)30-2)10-16-4-6-21-17(8-16)11-25(19)13-31-21/h3-8,19-20H,9-14H2,1-2H3/t19-,20-/m0/s1.